The van der Waals surface area contributed by atoms with Gasteiger partial charge in [-0.05, 0) is 56.7 Å². The van der Waals surface area contributed by atoms with Crippen LogP contribution in [0.4, 0.5) is 0 Å². The number of hydrogen-bond donors (Lipinski definition) is 2. The van der Waals surface area contributed by atoms with Crippen molar-refractivity contribution < 1.29 is 14.8 Å². The molecule has 0 fully saturated rings. The third-order valence-electron chi connectivity index (χ3n) is 3.93. The summed E-state index contributed by atoms with van der Waals surface area (Å²) in [7, 11) is 3.99. The minimum atomic E-state index is -0.530. The topological polar surface area (TPSA) is 72.9 Å². The van der Waals surface area contributed by atoms with Crippen molar-refractivity contribution in [2.75, 3.05) is 27.2 Å². The Morgan fingerprint density at radius 2 is 2.09 bits per heavy atom. The molecule has 2 N–H and O–H groups in total. The molecule has 0 aromatic heterocycles. The summed E-state index contributed by atoms with van der Waals surface area (Å²) in [4.78, 5) is 27.6. The lowest BCUT2D eigenvalue weighted by molar-refractivity contribution is -0.132. The van der Waals surface area contributed by atoms with Gasteiger partial charge in [-0.25, -0.2) is 5.48 Å². The Hall–Kier alpha value is -1.92. The van der Waals surface area contributed by atoms with E-state index in [1.54, 1.807) is 17.6 Å². The number of fused-ring (bicyclic) bond motifs is 1. The van der Waals surface area contributed by atoms with Crippen LogP contribution in [0.3, 0.4) is 0 Å². The molecule has 1 aliphatic rings. The maximum absolute atomic E-state index is 12.3. The van der Waals surface area contributed by atoms with Crippen molar-refractivity contribution in [1.82, 2.24) is 15.3 Å². The largest absolute Gasteiger partial charge is 0.338 e. The second-order valence-corrected chi connectivity index (χ2v) is 5.90. The van der Waals surface area contributed by atoms with Crippen LogP contribution in [0.5, 0.6) is 0 Å². The molecular formula is C16H23N3O3. The summed E-state index contributed by atoms with van der Waals surface area (Å²) < 4.78 is 0. The van der Waals surface area contributed by atoms with Gasteiger partial charge < -0.3 is 9.80 Å². The number of carbonyl (C=O) groups is 2. The fraction of sp³-hybridized carbons (Fsp3) is 0.500. The first-order valence-corrected chi connectivity index (χ1v) is 7.50. The summed E-state index contributed by atoms with van der Waals surface area (Å²) in [6.45, 7) is 2.15. The number of nitrogens with zero attached hydrogens (tertiary/aromatic N) is 2. The van der Waals surface area contributed by atoms with Crippen LogP contribution in [-0.4, -0.2) is 54.0 Å². The van der Waals surface area contributed by atoms with E-state index in [-0.39, 0.29) is 5.91 Å². The average Bonchev–Trinajstić information content (AvgIpc) is 2.52. The third kappa shape index (κ3) is 4.05. The van der Waals surface area contributed by atoms with E-state index in [9.17, 15) is 9.59 Å². The summed E-state index contributed by atoms with van der Waals surface area (Å²) >= 11 is 0. The Morgan fingerprint density at radius 3 is 2.77 bits per heavy atom. The van der Waals surface area contributed by atoms with E-state index in [4.69, 9.17) is 5.21 Å². The van der Waals surface area contributed by atoms with Crippen LogP contribution >= 0.6 is 0 Å². The van der Waals surface area contributed by atoms with E-state index in [2.05, 4.69) is 4.90 Å². The smallest absolute Gasteiger partial charge is 0.274 e. The van der Waals surface area contributed by atoms with Gasteiger partial charge in [0.2, 0.25) is 5.91 Å². The number of nitrogens with one attached hydrogen (secondary N) is 1. The van der Waals surface area contributed by atoms with Crippen LogP contribution in [0.1, 0.15) is 34.3 Å². The molecule has 120 valence electrons. The van der Waals surface area contributed by atoms with E-state index in [0.717, 1.165) is 37.1 Å². The molecule has 1 heterocycles. The zero-order chi connectivity index (χ0) is 16.1. The Bertz CT molecular complexity index is 558. The van der Waals surface area contributed by atoms with Gasteiger partial charge in [-0.1, -0.05) is 6.07 Å². The van der Waals surface area contributed by atoms with Gasteiger partial charge in [0.15, 0.2) is 0 Å². The summed E-state index contributed by atoms with van der Waals surface area (Å²) in [5.74, 6) is -0.373. The van der Waals surface area contributed by atoms with Crippen LogP contribution in [0.15, 0.2) is 18.2 Å². The molecule has 0 saturated carbocycles. The van der Waals surface area contributed by atoms with Crippen LogP contribution in [-0.2, 0) is 17.8 Å². The number of benzene rings is 1. The molecular weight excluding hydrogens is 282 g/mol. The van der Waals surface area contributed by atoms with Crippen molar-refractivity contribution in [3.63, 3.8) is 0 Å². The zero-order valence-corrected chi connectivity index (χ0v) is 13.1. The highest BCUT2D eigenvalue weighted by Crippen LogP contribution is 2.21. The fourth-order valence-electron chi connectivity index (χ4n) is 2.68. The Labute approximate surface area is 130 Å². The molecule has 0 spiro atoms. The maximum atomic E-state index is 12.3. The summed E-state index contributed by atoms with van der Waals surface area (Å²) in [6, 6.07) is 5.34. The second kappa shape index (κ2) is 7.38. The number of carbonyl (C=O) groups excluding carboxylic acids is 2. The summed E-state index contributed by atoms with van der Waals surface area (Å²) in [5.41, 5.74) is 4.18. The predicted octanol–water partition coefficient (Wildman–Crippen LogP) is 1.03. The Balaban J connectivity index is 2.00. The molecule has 1 aromatic carbocycles. The van der Waals surface area contributed by atoms with Crippen molar-refractivity contribution in [1.29, 1.82) is 0 Å². The van der Waals surface area contributed by atoms with E-state index in [1.807, 2.05) is 25.1 Å². The van der Waals surface area contributed by atoms with E-state index < -0.39 is 5.91 Å². The predicted molar refractivity (Wildman–Crippen MR) is 82.6 cm³/mol. The number of rotatable bonds is 5. The van der Waals surface area contributed by atoms with Crippen molar-refractivity contribution in [3.8, 4) is 0 Å². The zero-order valence-electron chi connectivity index (χ0n) is 13.1. The summed E-state index contributed by atoms with van der Waals surface area (Å²) in [6.07, 6.45) is 2.20. The van der Waals surface area contributed by atoms with Crippen LogP contribution in [0.2, 0.25) is 0 Å². The highest BCUT2D eigenvalue weighted by Gasteiger charge is 2.21. The van der Waals surface area contributed by atoms with E-state index in [0.29, 0.717) is 18.5 Å². The van der Waals surface area contributed by atoms with Gasteiger partial charge in [-0.2, -0.15) is 0 Å². The molecule has 22 heavy (non-hydrogen) atoms. The molecule has 0 unspecified atom stereocenters. The quantitative estimate of drug-likeness (QED) is 0.629. The lowest BCUT2D eigenvalue weighted by Gasteiger charge is -2.29. The normalized spacial score (nSPS) is 13.9. The average molecular weight is 305 g/mol. The summed E-state index contributed by atoms with van der Waals surface area (Å²) in [5, 5.41) is 8.71. The minimum Gasteiger partial charge on any atom is -0.338 e. The standard InChI is InChI=1S/C16H23N3O3/c1-18(2)8-3-4-15(20)19-9-7-12-5-6-13(16(21)17-22)10-14(12)11-19/h5-6,10,22H,3-4,7-9,11H2,1-2H3,(H,17,21). The molecule has 2 amide bonds. The molecule has 2 rings (SSSR count). The van der Waals surface area contributed by atoms with Crippen LogP contribution in [0.25, 0.3) is 0 Å². The minimum absolute atomic E-state index is 0.157. The van der Waals surface area contributed by atoms with E-state index >= 15 is 0 Å². The van der Waals surface area contributed by atoms with Gasteiger partial charge in [-0.15, -0.1) is 0 Å². The van der Waals surface area contributed by atoms with Crippen LogP contribution < -0.4 is 5.48 Å². The highest BCUT2D eigenvalue weighted by molar-refractivity contribution is 5.93. The van der Waals surface area contributed by atoms with Gasteiger partial charge >= 0.3 is 0 Å². The number of hydrogen-bond acceptors (Lipinski definition) is 4. The van der Waals surface area contributed by atoms with Gasteiger partial charge in [0.05, 0.1) is 0 Å². The van der Waals surface area contributed by atoms with Crippen molar-refractivity contribution in [3.05, 3.63) is 34.9 Å². The molecule has 1 aliphatic heterocycles. The van der Waals surface area contributed by atoms with Crippen molar-refractivity contribution in [2.45, 2.75) is 25.8 Å². The molecule has 6 nitrogen and oxygen atoms in total. The number of amides is 2. The number of hydroxylamine groups is 1. The second-order valence-electron chi connectivity index (χ2n) is 5.90. The third-order valence-corrected chi connectivity index (χ3v) is 3.93. The lowest BCUT2D eigenvalue weighted by Crippen LogP contribution is -2.36. The first-order chi connectivity index (χ1) is 10.5. The molecule has 0 saturated heterocycles. The van der Waals surface area contributed by atoms with Gasteiger partial charge in [0.1, 0.15) is 0 Å². The van der Waals surface area contributed by atoms with Gasteiger partial charge in [-0.3, -0.25) is 14.8 Å². The highest BCUT2D eigenvalue weighted by atomic mass is 16.5. The molecule has 0 bridgehead atoms. The van der Waals surface area contributed by atoms with Crippen molar-refractivity contribution in [2.24, 2.45) is 0 Å². The van der Waals surface area contributed by atoms with Crippen molar-refractivity contribution >= 4 is 11.8 Å². The van der Waals surface area contributed by atoms with Crippen LogP contribution in [0, 0.1) is 0 Å². The van der Waals surface area contributed by atoms with Gasteiger partial charge in [0.25, 0.3) is 5.91 Å². The Morgan fingerprint density at radius 1 is 1.32 bits per heavy atom. The molecule has 0 radical (unpaired) electrons. The lowest BCUT2D eigenvalue weighted by atomic mass is 9.97. The molecule has 0 aliphatic carbocycles. The first-order valence-electron chi connectivity index (χ1n) is 7.50. The maximum Gasteiger partial charge on any atom is 0.274 e. The molecule has 1 aromatic rings. The molecule has 6 heteroatoms. The molecule has 0 atom stereocenters. The Kier molecular flexibility index (Phi) is 5.51. The van der Waals surface area contributed by atoms with E-state index in [1.165, 1.54) is 0 Å². The monoisotopic (exact) mass is 305 g/mol. The fourth-order valence-corrected chi connectivity index (χ4v) is 2.68. The SMILES string of the molecule is CN(C)CCCC(=O)N1CCc2ccc(C(=O)NO)cc2C1. The van der Waals surface area contributed by atoms with Gasteiger partial charge in [0, 0.05) is 25.1 Å². The first kappa shape index (κ1) is 16.5.